The van der Waals surface area contributed by atoms with Gasteiger partial charge in [0.05, 0.1) is 13.2 Å². The minimum atomic E-state index is -4.39. The van der Waals surface area contributed by atoms with Gasteiger partial charge in [0.1, 0.15) is 6.61 Å². The second kappa shape index (κ2) is 61.7. The molecule has 0 aromatic carbocycles. The summed E-state index contributed by atoms with van der Waals surface area (Å²) in [5, 5.41) is 0. The number of carbonyl (C=O) groups is 2. The van der Waals surface area contributed by atoms with Crippen LogP contribution >= 0.6 is 7.82 Å². The number of esters is 2. The highest BCUT2D eigenvalue weighted by Gasteiger charge is 2.26. The van der Waals surface area contributed by atoms with Crippen LogP contribution in [0.2, 0.25) is 0 Å². The van der Waals surface area contributed by atoms with Gasteiger partial charge in [-0.05, 0) is 44.9 Å². The van der Waals surface area contributed by atoms with E-state index in [9.17, 15) is 19.0 Å². The van der Waals surface area contributed by atoms with Crippen molar-refractivity contribution in [2.24, 2.45) is 5.73 Å². The van der Waals surface area contributed by atoms with Gasteiger partial charge >= 0.3 is 19.8 Å². The van der Waals surface area contributed by atoms with Gasteiger partial charge in [-0.15, -0.1) is 0 Å². The lowest BCUT2D eigenvalue weighted by molar-refractivity contribution is -0.161. The topological polar surface area (TPSA) is 134 Å². The Bertz CT molecular complexity index is 1280. The van der Waals surface area contributed by atoms with E-state index in [1.807, 2.05) is 0 Å². The van der Waals surface area contributed by atoms with E-state index in [4.69, 9.17) is 24.3 Å². The standard InChI is InChI=1S/C65H126NO8P/c1-3-5-7-9-11-13-15-17-19-21-22-23-24-25-26-27-28-29-30-31-32-33-34-35-36-37-38-39-40-42-43-45-47-49-51-53-55-57-64(67)71-61-63(62-73-75(69,70)72-60-59-66)74-65(68)58-56-54-52-50-48-46-44-41-20-18-16-14-12-10-8-6-4-2/h12,14,18,20,63H,3-11,13,15-17,19,21-62,66H2,1-2H3,(H,69,70)/b14-12-,20-18-. The number of hydrogen-bond donors (Lipinski definition) is 2. The van der Waals surface area contributed by atoms with Crippen molar-refractivity contribution >= 4 is 19.8 Å². The van der Waals surface area contributed by atoms with Crippen molar-refractivity contribution in [3.05, 3.63) is 24.3 Å². The Morgan fingerprint density at radius 2 is 0.693 bits per heavy atom. The number of allylic oxidation sites excluding steroid dienone is 4. The molecule has 0 rings (SSSR count). The molecular weight excluding hydrogens is 954 g/mol. The van der Waals surface area contributed by atoms with Crippen molar-refractivity contribution in [2.75, 3.05) is 26.4 Å². The molecule has 0 amide bonds. The van der Waals surface area contributed by atoms with E-state index in [0.717, 1.165) is 51.4 Å². The van der Waals surface area contributed by atoms with Gasteiger partial charge in [0.2, 0.25) is 0 Å². The smallest absolute Gasteiger partial charge is 0.462 e. The van der Waals surface area contributed by atoms with Crippen molar-refractivity contribution in [2.45, 2.75) is 354 Å². The highest BCUT2D eigenvalue weighted by Crippen LogP contribution is 2.43. The molecule has 0 aromatic rings. The average Bonchev–Trinajstić information content (AvgIpc) is 3.40. The van der Waals surface area contributed by atoms with Crippen LogP contribution in [0.3, 0.4) is 0 Å². The number of hydrogen-bond acceptors (Lipinski definition) is 8. The van der Waals surface area contributed by atoms with Crippen LogP contribution in [-0.2, 0) is 32.7 Å². The summed E-state index contributed by atoms with van der Waals surface area (Å²) in [6.45, 7) is 3.77. The summed E-state index contributed by atoms with van der Waals surface area (Å²) in [6, 6.07) is 0. The molecule has 0 heterocycles. The van der Waals surface area contributed by atoms with Gasteiger partial charge in [0.25, 0.3) is 0 Å². The SMILES string of the molecule is CCCCC/C=C\C/C=C\CCCCCCCCCC(=O)OC(COC(=O)CCCCCCCCCCCCCCCCCCCCCCCCCCCCCCCCCCCCCCC)COP(=O)(O)OCCN. The predicted molar refractivity (Wildman–Crippen MR) is 321 cm³/mol. The summed E-state index contributed by atoms with van der Waals surface area (Å²) in [5.41, 5.74) is 5.38. The van der Waals surface area contributed by atoms with Gasteiger partial charge in [-0.25, -0.2) is 4.57 Å². The molecule has 444 valence electrons. The highest BCUT2D eigenvalue weighted by atomic mass is 31.2. The molecule has 0 aliphatic carbocycles. The van der Waals surface area contributed by atoms with Crippen LogP contribution in [0.4, 0.5) is 0 Å². The first-order valence-electron chi connectivity index (χ1n) is 32.8. The maximum absolute atomic E-state index is 12.7. The zero-order chi connectivity index (χ0) is 54.5. The number of carbonyl (C=O) groups excluding carboxylic acids is 2. The Morgan fingerprint density at radius 3 is 1.04 bits per heavy atom. The Balaban J connectivity index is 3.74. The molecule has 0 aliphatic rings. The Labute approximate surface area is 465 Å². The van der Waals surface area contributed by atoms with Crippen molar-refractivity contribution < 1.29 is 37.6 Å². The summed E-state index contributed by atoms with van der Waals surface area (Å²) in [5.74, 6) is -0.819. The fourth-order valence-electron chi connectivity index (χ4n) is 9.97. The molecule has 0 aromatic heterocycles. The minimum Gasteiger partial charge on any atom is -0.462 e. The van der Waals surface area contributed by atoms with E-state index < -0.39 is 26.5 Å². The quantitative estimate of drug-likeness (QED) is 0.0264. The number of phosphoric ester groups is 1. The van der Waals surface area contributed by atoms with Gasteiger partial charge in [0, 0.05) is 19.4 Å². The molecule has 75 heavy (non-hydrogen) atoms. The summed E-state index contributed by atoms with van der Waals surface area (Å²) in [4.78, 5) is 35.2. The van der Waals surface area contributed by atoms with Crippen LogP contribution in [0.1, 0.15) is 348 Å². The van der Waals surface area contributed by atoms with E-state index in [0.29, 0.717) is 6.42 Å². The van der Waals surface area contributed by atoms with Crippen molar-refractivity contribution in [1.29, 1.82) is 0 Å². The third kappa shape index (κ3) is 61.6. The van der Waals surface area contributed by atoms with E-state index in [1.54, 1.807) is 0 Å². The molecule has 0 saturated heterocycles. The zero-order valence-electron chi connectivity index (χ0n) is 49.8. The van der Waals surface area contributed by atoms with Crippen LogP contribution in [0.25, 0.3) is 0 Å². The maximum atomic E-state index is 12.7. The fourth-order valence-corrected chi connectivity index (χ4v) is 10.7. The summed E-state index contributed by atoms with van der Waals surface area (Å²) in [6.07, 6.45) is 74.3. The van der Waals surface area contributed by atoms with Crippen LogP contribution in [0.15, 0.2) is 24.3 Å². The molecule has 10 heteroatoms. The third-order valence-electron chi connectivity index (χ3n) is 14.8. The van der Waals surface area contributed by atoms with Gasteiger partial charge in [-0.1, -0.05) is 314 Å². The zero-order valence-corrected chi connectivity index (χ0v) is 50.7. The van der Waals surface area contributed by atoms with Gasteiger partial charge in [-0.2, -0.15) is 0 Å². The lowest BCUT2D eigenvalue weighted by atomic mass is 10.0. The van der Waals surface area contributed by atoms with Crippen LogP contribution in [0, 0.1) is 0 Å². The number of ether oxygens (including phenoxy) is 2. The minimum absolute atomic E-state index is 0.0540. The maximum Gasteiger partial charge on any atom is 0.472 e. The molecule has 3 N–H and O–H groups in total. The molecule has 0 spiro atoms. The summed E-state index contributed by atoms with van der Waals surface area (Å²) in [7, 11) is -4.39. The molecule has 0 fully saturated rings. The first-order chi connectivity index (χ1) is 36.8. The molecule has 2 unspecified atom stereocenters. The van der Waals surface area contributed by atoms with Gasteiger partial charge in [0.15, 0.2) is 6.10 Å². The number of rotatable bonds is 63. The van der Waals surface area contributed by atoms with Crippen molar-refractivity contribution in [1.82, 2.24) is 0 Å². The Morgan fingerprint density at radius 1 is 0.400 bits per heavy atom. The number of nitrogens with two attached hydrogens (primary N) is 1. The Kier molecular flexibility index (Phi) is 60.5. The first kappa shape index (κ1) is 73.5. The van der Waals surface area contributed by atoms with Crippen molar-refractivity contribution in [3.63, 3.8) is 0 Å². The van der Waals surface area contributed by atoms with Crippen LogP contribution in [-0.4, -0.2) is 49.3 Å². The van der Waals surface area contributed by atoms with E-state index in [2.05, 4.69) is 38.2 Å². The van der Waals surface area contributed by atoms with E-state index in [1.165, 1.54) is 263 Å². The van der Waals surface area contributed by atoms with Gasteiger partial charge < -0.3 is 20.1 Å². The third-order valence-corrected chi connectivity index (χ3v) is 15.8. The molecular formula is C65H126NO8P. The molecule has 2 atom stereocenters. The average molecular weight is 1080 g/mol. The normalized spacial score (nSPS) is 13.1. The van der Waals surface area contributed by atoms with Crippen molar-refractivity contribution in [3.8, 4) is 0 Å². The molecule has 0 radical (unpaired) electrons. The molecule has 0 saturated carbocycles. The lowest BCUT2D eigenvalue weighted by Gasteiger charge is -2.19. The second-order valence-corrected chi connectivity index (χ2v) is 23.8. The van der Waals surface area contributed by atoms with Crippen LogP contribution in [0.5, 0.6) is 0 Å². The van der Waals surface area contributed by atoms with E-state index >= 15 is 0 Å². The predicted octanol–water partition coefficient (Wildman–Crippen LogP) is 21.0. The van der Waals surface area contributed by atoms with Crippen LogP contribution < -0.4 is 5.73 Å². The second-order valence-electron chi connectivity index (χ2n) is 22.3. The summed E-state index contributed by atoms with van der Waals surface area (Å²) < 4.78 is 33.1. The molecule has 0 aliphatic heterocycles. The fraction of sp³-hybridized carbons (Fsp3) is 0.908. The number of phosphoric acid groups is 1. The molecule has 0 bridgehead atoms. The highest BCUT2D eigenvalue weighted by molar-refractivity contribution is 7.47. The van der Waals surface area contributed by atoms with Gasteiger partial charge in [-0.3, -0.25) is 18.6 Å². The Hall–Kier alpha value is -1.51. The monoisotopic (exact) mass is 1080 g/mol. The molecule has 9 nitrogen and oxygen atoms in total. The van der Waals surface area contributed by atoms with E-state index in [-0.39, 0.29) is 38.6 Å². The largest absolute Gasteiger partial charge is 0.472 e. The number of unbranched alkanes of at least 4 members (excludes halogenated alkanes) is 46. The summed E-state index contributed by atoms with van der Waals surface area (Å²) >= 11 is 0. The first-order valence-corrected chi connectivity index (χ1v) is 34.3. The lowest BCUT2D eigenvalue weighted by Crippen LogP contribution is -2.29.